The normalized spacial score (nSPS) is 18.1. The van der Waals surface area contributed by atoms with Crippen molar-refractivity contribution < 1.29 is 19.7 Å². The maximum absolute atomic E-state index is 11.5. The summed E-state index contributed by atoms with van der Waals surface area (Å²) in [7, 11) is 0. The SMILES string of the molecule is CCCCCc1cc(O)c(C/C=C(\C)CCC=C(C)C)c(OCCCOc2cc(CCCCC)cc(O)c2[C@@H]2C[C@@H](C)CC[C@H]2C(C)C)c1. The van der Waals surface area contributed by atoms with E-state index in [2.05, 4.69) is 79.7 Å². The van der Waals surface area contributed by atoms with Crippen molar-refractivity contribution in [3.63, 3.8) is 0 Å². The standard InChI is InChI=1S/C45H70O4/c1-9-11-13-19-36-28-41(46)39(24-21-34(7)18-15-17-32(3)4)43(30-36)48-25-16-26-49-44-31-37(20-14-12-10-2)29-42(47)45(44)40-27-35(8)22-23-38(40)33(5)6/h17,21,28-31,33,35,38,40,46-47H,9-16,18-20,22-27H2,1-8H3/b34-21+/t35-,38-,40+/m0/s1. The van der Waals surface area contributed by atoms with E-state index in [0.717, 1.165) is 78.7 Å². The Hall–Kier alpha value is -2.88. The number of phenols is 2. The van der Waals surface area contributed by atoms with Crippen LogP contribution < -0.4 is 9.47 Å². The van der Waals surface area contributed by atoms with E-state index >= 15 is 0 Å². The van der Waals surface area contributed by atoms with E-state index in [1.807, 2.05) is 12.1 Å². The molecule has 3 atom stereocenters. The summed E-state index contributed by atoms with van der Waals surface area (Å²) >= 11 is 0. The molecule has 0 aliphatic heterocycles. The van der Waals surface area contributed by atoms with Crippen LogP contribution in [-0.4, -0.2) is 23.4 Å². The molecule has 0 unspecified atom stereocenters. The fourth-order valence-corrected chi connectivity index (χ4v) is 7.55. The maximum atomic E-state index is 11.5. The summed E-state index contributed by atoms with van der Waals surface area (Å²) in [5.74, 6) is 4.43. The molecule has 4 nitrogen and oxygen atoms in total. The number of ether oxygens (including phenoxy) is 2. The molecule has 1 fully saturated rings. The lowest BCUT2D eigenvalue weighted by Crippen LogP contribution is -2.26. The first-order chi connectivity index (χ1) is 23.5. The van der Waals surface area contributed by atoms with Gasteiger partial charge in [0.25, 0.3) is 0 Å². The third kappa shape index (κ3) is 13.4. The summed E-state index contributed by atoms with van der Waals surface area (Å²) in [6, 6.07) is 8.30. The highest BCUT2D eigenvalue weighted by Crippen LogP contribution is 2.50. The molecule has 0 aromatic heterocycles. The van der Waals surface area contributed by atoms with Gasteiger partial charge in [-0.2, -0.15) is 0 Å². The van der Waals surface area contributed by atoms with Crippen molar-refractivity contribution in [3.05, 3.63) is 69.8 Å². The van der Waals surface area contributed by atoms with Crippen LogP contribution in [0.5, 0.6) is 23.0 Å². The van der Waals surface area contributed by atoms with Crippen LogP contribution in [0, 0.1) is 17.8 Å². The molecule has 0 bridgehead atoms. The van der Waals surface area contributed by atoms with E-state index in [-0.39, 0.29) is 0 Å². The van der Waals surface area contributed by atoms with E-state index in [4.69, 9.17) is 9.47 Å². The van der Waals surface area contributed by atoms with E-state index < -0.39 is 0 Å². The Balaban J connectivity index is 1.77. The van der Waals surface area contributed by atoms with Crippen molar-refractivity contribution in [2.45, 2.75) is 158 Å². The molecule has 3 rings (SSSR count). The predicted molar refractivity (Wildman–Crippen MR) is 208 cm³/mol. The van der Waals surface area contributed by atoms with Gasteiger partial charge in [0.1, 0.15) is 23.0 Å². The molecule has 274 valence electrons. The first kappa shape index (κ1) is 40.5. The van der Waals surface area contributed by atoms with Gasteiger partial charge in [0, 0.05) is 17.5 Å². The van der Waals surface area contributed by atoms with Crippen LogP contribution in [0.3, 0.4) is 0 Å². The highest BCUT2D eigenvalue weighted by Gasteiger charge is 2.35. The molecule has 1 aliphatic carbocycles. The Bertz CT molecular complexity index is 1330. The van der Waals surface area contributed by atoms with Crippen molar-refractivity contribution >= 4 is 0 Å². The molecule has 4 heteroatoms. The summed E-state index contributed by atoms with van der Waals surface area (Å²) in [4.78, 5) is 0. The lowest BCUT2D eigenvalue weighted by Gasteiger charge is -2.38. The van der Waals surface area contributed by atoms with Gasteiger partial charge >= 0.3 is 0 Å². The molecule has 49 heavy (non-hydrogen) atoms. The second-order valence-electron chi connectivity index (χ2n) is 15.6. The van der Waals surface area contributed by atoms with Crippen LogP contribution >= 0.6 is 0 Å². The topological polar surface area (TPSA) is 58.9 Å². The highest BCUT2D eigenvalue weighted by atomic mass is 16.5. The number of benzene rings is 2. The van der Waals surface area contributed by atoms with E-state index in [9.17, 15) is 10.2 Å². The van der Waals surface area contributed by atoms with Gasteiger partial charge < -0.3 is 19.7 Å². The average molecular weight is 675 g/mol. The molecular weight excluding hydrogens is 604 g/mol. The van der Waals surface area contributed by atoms with Gasteiger partial charge in [-0.3, -0.25) is 0 Å². The predicted octanol–water partition coefficient (Wildman–Crippen LogP) is 12.8. The van der Waals surface area contributed by atoms with Crippen molar-refractivity contribution in [1.29, 1.82) is 0 Å². The summed E-state index contributed by atoms with van der Waals surface area (Å²) in [6.45, 7) is 18.9. The molecule has 0 spiro atoms. The number of hydrogen-bond donors (Lipinski definition) is 2. The fourth-order valence-electron chi connectivity index (χ4n) is 7.55. The Morgan fingerprint density at radius 2 is 1.41 bits per heavy atom. The van der Waals surface area contributed by atoms with Crippen LogP contribution in [0.25, 0.3) is 0 Å². The second kappa shape index (κ2) is 21.4. The van der Waals surface area contributed by atoms with Gasteiger partial charge in [0.15, 0.2) is 0 Å². The number of allylic oxidation sites excluding steroid dienone is 4. The van der Waals surface area contributed by atoms with Crippen LogP contribution in [-0.2, 0) is 19.3 Å². The fraction of sp³-hybridized carbons (Fsp3) is 0.644. The first-order valence-corrected chi connectivity index (χ1v) is 19.8. The number of aryl methyl sites for hydroxylation is 2. The minimum Gasteiger partial charge on any atom is -0.508 e. The zero-order chi connectivity index (χ0) is 35.8. The zero-order valence-electron chi connectivity index (χ0n) is 32.5. The molecule has 0 amide bonds. The van der Waals surface area contributed by atoms with E-state index in [0.29, 0.717) is 61.2 Å². The molecule has 2 aromatic carbocycles. The van der Waals surface area contributed by atoms with Crippen LogP contribution in [0.1, 0.15) is 161 Å². The number of phenolic OH excluding ortho intramolecular Hbond substituents is 2. The Kier molecular flexibility index (Phi) is 17.7. The zero-order valence-corrected chi connectivity index (χ0v) is 32.5. The Morgan fingerprint density at radius 1 is 0.796 bits per heavy atom. The van der Waals surface area contributed by atoms with E-state index in [1.54, 1.807) is 0 Å². The number of aromatic hydroxyl groups is 2. The maximum Gasteiger partial charge on any atom is 0.126 e. The largest absolute Gasteiger partial charge is 0.508 e. The van der Waals surface area contributed by atoms with Gasteiger partial charge in [-0.25, -0.2) is 0 Å². The molecule has 2 N–H and O–H groups in total. The van der Waals surface area contributed by atoms with Crippen LogP contribution in [0.2, 0.25) is 0 Å². The second-order valence-corrected chi connectivity index (χ2v) is 15.6. The van der Waals surface area contributed by atoms with Crippen LogP contribution in [0.4, 0.5) is 0 Å². The Morgan fingerprint density at radius 3 is 2.02 bits per heavy atom. The smallest absolute Gasteiger partial charge is 0.126 e. The number of rotatable bonds is 21. The van der Waals surface area contributed by atoms with Gasteiger partial charge in [0.2, 0.25) is 0 Å². The molecule has 1 aliphatic rings. The van der Waals surface area contributed by atoms with Gasteiger partial charge in [-0.15, -0.1) is 0 Å². The van der Waals surface area contributed by atoms with Crippen molar-refractivity contribution in [1.82, 2.24) is 0 Å². The third-order valence-corrected chi connectivity index (χ3v) is 10.5. The van der Waals surface area contributed by atoms with Gasteiger partial charge in [0.05, 0.1) is 13.2 Å². The lowest BCUT2D eigenvalue weighted by atomic mass is 9.67. The van der Waals surface area contributed by atoms with Crippen molar-refractivity contribution in [2.75, 3.05) is 13.2 Å². The molecule has 0 radical (unpaired) electrons. The minimum absolute atomic E-state index is 0.305. The summed E-state index contributed by atoms with van der Waals surface area (Å²) in [6.07, 6.45) is 20.3. The molecule has 1 saturated carbocycles. The number of unbranched alkanes of at least 4 members (excludes halogenated alkanes) is 4. The summed E-state index contributed by atoms with van der Waals surface area (Å²) in [5.41, 5.74) is 6.84. The van der Waals surface area contributed by atoms with Gasteiger partial charge in [-0.1, -0.05) is 90.0 Å². The minimum atomic E-state index is 0.305. The summed E-state index contributed by atoms with van der Waals surface area (Å²) in [5, 5.41) is 22.6. The van der Waals surface area contributed by atoms with Crippen molar-refractivity contribution in [2.24, 2.45) is 17.8 Å². The molecule has 0 saturated heterocycles. The quantitative estimate of drug-likeness (QED) is 0.102. The Labute approximate surface area is 300 Å². The van der Waals surface area contributed by atoms with Crippen molar-refractivity contribution in [3.8, 4) is 23.0 Å². The third-order valence-electron chi connectivity index (χ3n) is 10.5. The van der Waals surface area contributed by atoms with Crippen LogP contribution in [0.15, 0.2) is 47.6 Å². The average Bonchev–Trinajstić information content (AvgIpc) is 3.04. The molecular formula is C45H70O4. The molecule has 0 heterocycles. The van der Waals surface area contributed by atoms with E-state index in [1.165, 1.54) is 49.7 Å². The molecule has 2 aromatic rings. The lowest BCUT2D eigenvalue weighted by molar-refractivity contribution is 0.187. The number of hydrogen-bond acceptors (Lipinski definition) is 4. The van der Waals surface area contributed by atoms with Gasteiger partial charge in [-0.05, 0) is 138 Å². The first-order valence-electron chi connectivity index (χ1n) is 19.8. The monoisotopic (exact) mass is 675 g/mol. The highest BCUT2D eigenvalue weighted by molar-refractivity contribution is 5.51. The summed E-state index contributed by atoms with van der Waals surface area (Å²) < 4.78 is 13.0.